The molecule has 0 atom stereocenters. The summed E-state index contributed by atoms with van der Waals surface area (Å²) >= 11 is 9.50. The Morgan fingerprint density at radius 1 is 1.26 bits per heavy atom. The van der Waals surface area contributed by atoms with Crippen LogP contribution in [0.2, 0.25) is 5.02 Å². The SMILES string of the molecule is [C-]#[N+]c1cc(C)c(NC(=O)c2cc(Br)nn2-c2ncccc2Cl)c(C(=O)NC(C)C)c1. The zero-order chi connectivity index (χ0) is 22.7. The predicted molar refractivity (Wildman–Crippen MR) is 122 cm³/mol. The summed E-state index contributed by atoms with van der Waals surface area (Å²) in [5.74, 6) is -0.614. The Balaban J connectivity index is 2.05. The van der Waals surface area contributed by atoms with Crippen LogP contribution in [0, 0.1) is 13.5 Å². The molecular formula is C21H18BrClN6O2. The second kappa shape index (κ2) is 9.29. The number of benzene rings is 1. The molecular weight excluding hydrogens is 484 g/mol. The molecule has 0 saturated heterocycles. The van der Waals surface area contributed by atoms with Crippen molar-refractivity contribution in [3.05, 3.63) is 74.4 Å². The first-order valence-electron chi connectivity index (χ1n) is 9.22. The summed E-state index contributed by atoms with van der Waals surface area (Å²) in [6.07, 6.45) is 1.54. The molecule has 0 aliphatic heterocycles. The van der Waals surface area contributed by atoms with Gasteiger partial charge in [-0.15, -0.1) is 0 Å². The molecule has 3 rings (SSSR count). The maximum Gasteiger partial charge on any atom is 0.274 e. The van der Waals surface area contributed by atoms with Crippen LogP contribution in [0.1, 0.15) is 40.3 Å². The fourth-order valence-corrected chi connectivity index (χ4v) is 3.48. The number of carbonyl (C=O) groups excluding carboxylic acids is 2. The van der Waals surface area contributed by atoms with E-state index in [1.165, 1.54) is 16.8 Å². The van der Waals surface area contributed by atoms with Crippen LogP contribution in [-0.4, -0.2) is 32.6 Å². The largest absolute Gasteiger partial charge is 0.350 e. The highest BCUT2D eigenvalue weighted by atomic mass is 79.9. The zero-order valence-electron chi connectivity index (χ0n) is 16.9. The number of hydrogen-bond donors (Lipinski definition) is 2. The monoisotopic (exact) mass is 500 g/mol. The Morgan fingerprint density at radius 3 is 2.65 bits per heavy atom. The molecule has 0 bridgehead atoms. The van der Waals surface area contributed by atoms with Crippen LogP contribution in [0.3, 0.4) is 0 Å². The molecule has 2 aromatic heterocycles. The Kier molecular flexibility index (Phi) is 6.73. The highest BCUT2D eigenvalue weighted by Crippen LogP contribution is 2.29. The Bertz CT molecular complexity index is 1220. The van der Waals surface area contributed by atoms with E-state index in [9.17, 15) is 9.59 Å². The molecule has 10 heteroatoms. The van der Waals surface area contributed by atoms with Gasteiger partial charge in [-0.2, -0.15) is 5.10 Å². The maximum absolute atomic E-state index is 13.2. The number of pyridine rings is 1. The summed E-state index contributed by atoms with van der Waals surface area (Å²) < 4.78 is 1.73. The number of aromatic nitrogens is 3. The van der Waals surface area contributed by atoms with Gasteiger partial charge in [0.05, 0.1) is 22.8 Å². The molecule has 1 aromatic carbocycles. The number of nitrogens with zero attached hydrogens (tertiary/aromatic N) is 4. The third-order valence-corrected chi connectivity index (χ3v) is 4.89. The smallest absolute Gasteiger partial charge is 0.274 e. The van der Waals surface area contributed by atoms with Gasteiger partial charge in [0.25, 0.3) is 11.8 Å². The van der Waals surface area contributed by atoms with E-state index in [2.05, 4.69) is 41.5 Å². The van der Waals surface area contributed by atoms with E-state index in [-0.39, 0.29) is 29.0 Å². The molecule has 8 nitrogen and oxygen atoms in total. The number of halogens is 2. The van der Waals surface area contributed by atoms with Gasteiger partial charge in [-0.1, -0.05) is 17.7 Å². The van der Waals surface area contributed by atoms with E-state index in [0.29, 0.717) is 26.6 Å². The third kappa shape index (κ3) is 4.93. The van der Waals surface area contributed by atoms with Crippen molar-refractivity contribution < 1.29 is 9.59 Å². The highest BCUT2D eigenvalue weighted by Gasteiger charge is 2.22. The lowest BCUT2D eigenvalue weighted by Crippen LogP contribution is -2.31. The standard InChI is InChI=1S/C21H18BrClN6O2/c1-11(2)26-20(30)14-9-13(24-4)8-12(3)18(14)27-21(31)16-10-17(22)28-29(16)19-15(23)6-5-7-25-19/h5-11H,1-3H3,(H,26,30)(H,27,31). The zero-order valence-corrected chi connectivity index (χ0v) is 19.2. The Morgan fingerprint density at radius 2 is 2.00 bits per heavy atom. The molecule has 0 aliphatic carbocycles. The summed E-state index contributed by atoms with van der Waals surface area (Å²) in [6, 6.07) is 7.79. The number of hydrogen-bond acceptors (Lipinski definition) is 4. The minimum atomic E-state index is -0.517. The van der Waals surface area contributed by atoms with Crippen LogP contribution in [0.25, 0.3) is 10.7 Å². The van der Waals surface area contributed by atoms with Gasteiger partial charge < -0.3 is 10.6 Å². The van der Waals surface area contributed by atoms with Crippen LogP contribution in [0.4, 0.5) is 11.4 Å². The first kappa shape index (κ1) is 22.5. The van der Waals surface area contributed by atoms with Crippen molar-refractivity contribution in [3.8, 4) is 5.82 Å². The minimum absolute atomic E-state index is 0.114. The normalized spacial score (nSPS) is 10.6. The van der Waals surface area contributed by atoms with Gasteiger partial charge in [-0.3, -0.25) is 9.59 Å². The number of anilines is 1. The topological polar surface area (TPSA) is 93.3 Å². The van der Waals surface area contributed by atoms with Gasteiger partial charge in [0, 0.05) is 18.3 Å². The fourth-order valence-electron chi connectivity index (χ4n) is 2.90. The van der Waals surface area contributed by atoms with Gasteiger partial charge in [-0.25, -0.2) is 14.5 Å². The van der Waals surface area contributed by atoms with Crippen LogP contribution in [-0.2, 0) is 0 Å². The predicted octanol–water partition coefficient (Wildman–Crippen LogP) is 4.93. The van der Waals surface area contributed by atoms with Gasteiger partial charge >= 0.3 is 0 Å². The lowest BCUT2D eigenvalue weighted by Gasteiger charge is -2.16. The number of nitrogens with one attached hydrogen (secondary N) is 2. The molecule has 0 fully saturated rings. The summed E-state index contributed by atoms with van der Waals surface area (Å²) in [5, 5.41) is 10.2. The van der Waals surface area contributed by atoms with Crippen molar-refractivity contribution in [3.63, 3.8) is 0 Å². The van der Waals surface area contributed by atoms with E-state index >= 15 is 0 Å². The maximum atomic E-state index is 13.2. The first-order valence-corrected chi connectivity index (χ1v) is 10.4. The van der Waals surface area contributed by atoms with Crippen molar-refractivity contribution in [2.75, 3.05) is 5.32 Å². The third-order valence-electron chi connectivity index (χ3n) is 4.20. The molecule has 0 unspecified atom stereocenters. The quantitative estimate of drug-likeness (QED) is 0.485. The second-order valence-electron chi connectivity index (χ2n) is 6.95. The van der Waals surface area contributed by atoms with Crippen molar-refractivity contribution in [1.82, 2.24) is 20.1 Å². The van der Waals surface area contributed by atoms with Crippen LogP contribution < -0.4 is 10.6 Å². The molecule has 158 valence electrons. The number of rotatable bonds is 5. The van der Waals surface area contributed by atoms with E-state index in [0.717, 1.165) is 0 Å². The van der Waals surface area contributed by atoms with Gasteiger partial charge in [-0.05, 0) is 60.5 Å². The lowest BCUT2D eigenvalue weighted by molar-refractivity contribution is 0.0944. The molecule has 2 amide bonds. The van der Waals surface area contributed by atoms with E-state index in [1.807, 2.05) is 13.8 Å². The number of aryl methyl sites for hydroxylation is 1. The Labute approximate surface area is 192 Å². The van der Waals surface area contributed by atoms with Gasteiger partial charge in [0.15, 0.2) is 11.5 Å². The summed E-state index contributed by atoms with van der Waals surface area (Å²) in [6.45, 7) is 12.7. The highest BCUT2D eigenvalue weighted by molar-refractivity contribution is 9.10. The fraction of sp³-hybridized carbons (Fsp3) is 0.190. The molecule has 31 heavy (non-hydrogen) atoms. The Hall–Kier alpha value is -3.22. The number of amides is 2. The average molecular weight is 502 g/mol. The van der Waals surface area contributed by atoms with Crippen molar-refractivity contribution in [2.45, 2.75) is 26.8 Å². The molecule has 3 aromatic rings. The van der Waals surface area contributed by atoms with E-state index in [1.54, 1.807) is 31.3 Å². The summed E-state index contributed by atoms with van der Waals surface area (Å²) in [4.78, 5) is 33.5. The molecule has 0 spiro atoms. The van der Waals surface area contributed by atoms with E-state index < -0.39 is 5.91 Å². The lowest BCUT2D eigenvalue weighted by atomic mass is 10.0. The summed E-state index contributed by atoms with van der Waals surface area (Å²) in [5.41, 5.74) is 1.56. The molecule has 2 N–H and O–H groups in total. The molecule has 2 heterocycles. The van der Waals surface area contributed by atoms with Gasteiger partial charge in [0.1, 0.15) is 10.3 Å². The molecule has 0 aliphatic rings. The van der Waals surface area contributed by atoms with Crippen molar-refractivity contribution in [1.29, 1.82) is 0 Å². The minimum Gasteiger partial charge on any atom is -0.350 e. The number of carbonyl (C=O) groups is 2. The second-order valence-corrected chi connectivity index (χ2v) is 8.17. The summed E-state index contributed by atoms with van der Waals surface area (Å²) in [7, 11) is 0. The van der Waals surface area contributed by atoms with Crippen LogP contribution in [0.5, 0.6) is 0 Å². The van der Waals surface area contributed by atoms with Crippen LogP contribution >= 0.6 is 27.5 Å². The van der Waals surface area contributed by atoms with Crippen molar-refractivity contribution >= 4 is 50.7 Å². The average Bonchev–Trinajstić information content (AvgIpc) is 3.10. The van der Waals surface area contributed by atoms with E-state index in [4.69, 9.17) is 18.2 Å². The van der Waals surface area contributed by atoms with Gasteiger partial charge in [0.2, 0.25) is 0 Å². The van der Waals surface area contributed by atoms with Crippen molar-refractivity contribution in [2.24, 2.45) is 0 Å². The first-order chi connectivity index (χ1) is 14.7. The molecule has 0 saturated carbocycles. The molecule has 0 radical (unpaired) electrons. The van der Waals surface area contributed by atoms with Crippen LogP contribution in [0.15, 0.2) is 41.1 Å².